The number of thioether (sulfide) groups is 1. The normalized spacial score (nSPS) is 12.2. The van der Waals surface area contributed by atoms with E-state index in [-0.39, 0.29) is 17.8 Å². The Morgan fingerprint density at radius 2 is 1.67 bits per heavy atom. The van der Waals surface area contributed by atoms with Crippen LogP contribution in [0, 0.1) is 0 Å². The van der Waals surface area contributed by atoms with Crippen LogP contribution in [0.25, 0.3) is 0 Å². The third-order valence-electron chi connectivity index (χ3n) is 3.92. The molecule has 1 atom stereocenters. The third kappa shape index (κ3) is 5.11. The lowest BCUT2D eigenvalue weighted by atomic mass is 10.0. The highest BCUT2D eigenvalue weighted by atomic mass is 32.2. The molecule has 0 heterocycles. The van der Waals surface area contributed by atoms with Crippen molar-refractivity contribution in [2.24, 2.45) is 0 Å². The quantitative estimate of drug-likeness (QED) is 0.774. The molecule has 0 radical (unpaired) electrons. The molecule has 0 spiro atoms. The van der Waals surface area contributed by atoms with Gasteiger partial charge in [-0.05, 0) is 35.6 Å². The molecular weight excluding hydrogens is 318 g/mol. The van der Waals surface area contributed by atoms with E-state index in [1.807, 2.05) is 49.4 Å². The zero-order chi connectivity index (χ0) is 17.5. The van der Waals surface area contributed by atoms with Gasteiger partial charge in [-0.25, -0.2) is 0 Å². The Labute approximate surface area is 148 Å². The summed E-state index contributed by atoms with van der Waals surface area (Å²) in [6, 6.07) is 15.8. The lowest BCUT2D eigenvalue weighted by Crippen LogP contribution is -2.23. The minimum absolute atomic E-state index is 0.0279. The summed E-state index contributed by atoms with van der Waals surface area (Å²) in [5.41, 5.74) is 4.11. The minimum Gasteiger partial charge on any atom is -0.392 e. The van der Waals surface area contributed by atoms with Gasteiger partial charge in [-0.2, -0.15) is 0 Å². The van der Waals surface area contributed by atoms with Crippen molar-refractivity contribution in [2.45, 2.75) is 44.3 Å². The summed E-state index contributed by atoms with van der Waals surface area (Å²) >= 11 is 1.61. The molecule has 128 valence electrons. The highest BCUT2D eigenvalue weighted by Crippen LogP contribution is 2.25. The Bertz CT molecular complexity index is 668. The minimum atomic E-state index is -0.136. The molecule has 2 N–H and O–H groups in total. The molecular formula is C20H25NO2S. The number of aliphatic hydroxyl groups is 1. The Balaban J connectivity index is 1.92. The molecule has 0 aliphatic heterocycles. The monoisotopic (exact) mass is 343 g/mol. The van der Waals surface area contributed by atoms with E-state index >= 15 is 0 Å². The van der Waals surface area contributed by atoms with E-state index in [4.69, 9.17) is 5.11 Å². The summed E-state index contributed by atoms with van der Waals surface area (Å²) in [5.74, 6) is 1.17. The Morgan fingerprint density at radius 1 is 1.04 bits per heavy atom. The fraction of sp³-hybridized carbons (Fsp3) is 0.350. The van der Waals surface area contributed by atoms with Crippen LogP contribution >= 0.6 is 11.8 Å². The van der Waals surface area contributed by atoms with E-state index in [1.165, 1.54) is 0 Å². The van der Waals surface area contributed by atoms with Crippen molar-refractivity contribution >= 4 is 23.4 Å². The van der Waals surface area contributed by atoms with Crippen LogP contribution in [0.2, 0.25) is 0 Å². The fourth-order valence-corrected chi connectivity index (χ4v) is 3.23. The van der Waals surface area contributed by atoms with E-state index in [2.05, 4.69) is 25.2 Å². The van der Waals surface area contributed by atoms with Crippen molar-refractivity contribution in [2.75, 3.05) is 5.32 Å². The lowest BCUT2D eigenvalue weighted by Gasteiger charge is -2.16. The zero-order valence-electron chi connectivity index (χ0n) is 14.5. The Morgan fingerprint density at radius 3 is 2.29 bits per heavy atom. The standard InChI is InChI=1S/C20H25NO2S/c1-14(2)18-6-4-5-7-19(18)21-20(23)15(3)24-13-17-10-8-16(12-22)9-11-17/h4-11,14-15,22H,12-13H2,1-3H3,(H,21,23). The second-order valence-corrected chi connectivity index (χ2v) is 7.49. The molecule has 24 heavy (non-hydrogen) atoms. The van der Waals surface area contributed by atoms with E-state index in [1.54, 1.807) is 11.8 Å². The van der Waals surface area contributed by atoms with Gasteiger partial charge in [-0.3, -0.25) is 4.79 Å². The summed E-state index contributed by atoms with van der Waals surface area (Å²) in [4.78, 5) is 12.4. The van der Waals surface area contributed by atoms with Crippen molar-refractivity contribution in [1.82, 2.24) is 0 Å². The van der Waals surface area contributed by atoms with Crippen molar-refractivity contribution in [1.29, 1.82) is 0 Å². The number of benzene rings is 2. The first-order chi connectivity index (χ1) is 11.5. The number of anilines is 1. The number of carbonyl (C=O) groups excluding carboxylic acids is 1. The maximum absolute atomic E-state index is 12.4. The molecule has 0 aliphatic rings. The number of aliphatic hydroxyl groups excluding tert-OH is 1. The molecule has 0 fully saturated rings. The van der Waals surface area contributed by atoms with Gasteiger partial charge in [-0.1, -0.05) is 56.3 Å². The summed E-state index contributed by atoms with van der Waals surface area (Å²) in [6.45, 7) is 6.24. The van der Waals surface area contributed by atoms with Gasteiger partial charge in [0, 0.05) is 11.4 Å². The van der Waals surface area contributed by atoms with Crippen LogP contribution < -0.4 is 5.32 Å². The predicted molar refractivity (Wildman–Crippen MR) is 102 cm³/mol. The summed E-state index contributed by atoms with van der Waals surface area (Å²) < 4.78 is 0. The van der Waals surface area contributed by atoms with Crippen molar-refractivity contribution < 1.29 is 9.90 Å². The first-order valence-electron chi connectivity index (χ1n) is 8.21. The molecule has 2 aromatic carbocycles. The largest absolute Gasteiger partial charge is 0.392 e. The van der Waals surface area contributed by atoms with E-state index in [9.17, 15) is 4.79 Å². The number of nitrogens with one attached hydrogen (secondary N) is 1. The fourth-order valence-electron chi connectivity index (χ4n) is 2.39. The number of amides is 1. The highest BCUT2D eigenvalue weighted by molar-refractivity contribution is 7.99. The van der Waals surface area contributed by atoms with Crippen molar-refractivity contribution in [3.8, 4) is 0 Å². The van der Waals surface area contributed by atoms with Gasteiger partial charge in [-0.15, -0.1) is 11.8 Å². The molecule has 1 unspecified atom stereocenters. The van der Waals surface area contributed by atoms with Crippen LogP contribution in [0.4, 0.5) is 5.69 Å². The molecule has 0 saturated heterocycles. The van der Waals surface area contributed by atoms with Crippen LogP contribution in [0.15, 0.2) is 48.5 Å². The zero-order valence-corrected chi connectivity index (χ0v) is 15.3. The van der Waals surface area contributed by atoms with Crippen molar-refractivity contribution in [3.05, 3.63) is 65.2 Å². The first-order valence-corrected chi connectivity index (χ1v) is 9.26. The van der Waals surface area contributed by atoms with E-state index < -0.39 is 0 Å². The van der Waals surface area contributed by atoms with Gasteiger partial charge in [0.1, 0.15) is 0 Å². The van der Waals surface area contributed by atoms with E-state index in [0.717, 1.165) is 28.1 Å². The number of hydrogen-bond donors (Lipinski definition) is 2. The van der Waals surface area contributed by atoms with Crippen LogP contribution in [0.1, 0.15) is 43.4 Å². The second-order valence-electron chi connectivity index (χ2n) is 6.16. The van der Waals surface area contributed by atoms with Gasteiger partial charge in [0.25, 0.3) is 0 Å². The molecule has 2 aromatic rings. The first kappa shape index (κ1) is 18.6. The maximum Gasteiger partial charge on any atom is 0.237 e. The number of para-hydroxylation sites is 1. The van der Waals surface area contributed by atoms with Crippen LogP contribution in [0.5, 0.6) is 0 Å². The lowest BCUT2D eigenvalue weighted by molar-refractivity contribution is -0.115. The highest BCUT2D eigenvalue weighted by Gasteiger charge is 2.16. The predicted octanol–water partition coefficient (Wildman–Crippen LogP) is 4.56. The van der Waals surface area contributed by atoms with Crippen LogP contribution in [-0.4, -0.2) is 16.3 Å². The van der Waals surface area contributed by atoms with Gasteiger partial charge < -0.3 is 10.4 Å². The summed E-state index contributed by atoms with van der Waals surface area (Å²) in [6.07, 6.45) is 0. The Hall–Kier alpha value is -1.78. The molecule has 2 rings (SSSR count). The van der Waals surface area contributed by atoms with E-state index in [0.29, 0.717) is 5.92 Å². The smallest absolute Gasteiger partial charge is 0.237 e. The molecule has 1 amide bonds. The maximum atomic E-state index is 12.4. The van der Waals surface area contributed by atoms with Crippen molar-refractivity contribution in [3.63, 3.8) is 0 Å². The molecule has 0 bridgehead atoms. The molecule has 0 aliphatic carbocycles. The SMILES string of the molecule is CC(SCc1ccc(CO)cc1)C(=O)Nc1ccccc1C(C)C. The molecule has 4 heteroatoms. The van der Waals surface area contributed by atoms with Crippen LogP contribution in [-0.2, 0) is 17.2 Å². The van der Waals surface area contributed by atoms with Gasteiger partial charge in [0.2, 0.25) is 5.91 Å². The van der Waals surface area contributed by atoms with Gasteiger partial charge in [0.05, 0.1) is 11.9 Å². The molecule has 0 saturated carbocycles. The second kappa shape index (κ2) is 8.90. The topological polar surface area (TPSA) is 49.3 Å². The number of hydrogen-bond acceptors (Lipinski definition) is 3. The van der Waals surface area contributed by atoms with Gasteiger partial charge >= 0.3 is 0 Å². The third-order valence-corrected chi connectivity index (χ3v) is 5.13. The van der Waals surface area contributed by atoms with Crippen LogP contribution in [0.3, 0.4) is 0 Å². The molecule has 0 aromatic heterocycles. The Kier molecular flexibility index (Phi) is 6.88. The van der Waals surface area contributed by atoms with Gasteiger partial charge in [0.15, 0.2) is 0 Å². The average molecular weight is 343 g/mol. The summed E-state index contributed by atoms with van der Waals surface area (Å²) in [5, 5.41) is 12.0. The number of carbonyl (C=O) groups is 1. The average Bonchev–Trinajstić information content (AvgIpc) is 2.60. The number of rotatable bonds is 7. The summed E-state index contributed by atoms with van der Waals surface area (Å²) in [7, 11) is 0. The molecule has 3 nitrogen and oxygen atoms in total.